The molecule has 3 rings (SSSR count). The second kappa shape index (κ2) is 5.14. The topological polar surface area (TPSA) is 80.5 Å². The van der Waals surface area contributed by atoms with Crippen LogP contribution in [-0.4, -0.2) is 20.9 Å². The van der Waals surface area contributed by atoms with Crippen molar-refractivity contribution < 1.29 is 17.6 Å². The first-order valence-corrected chi connectivity index (χ1v) is 8.58. The Morgan fingerprint density at radius 2 is 1.74 bits per heavy atom. The van der Waals surface area contributed by atoms with Crippen LogP contribution in [0, 0.1) is 0 Å². The van der Waals surface area contributed by atoms with Gasteiger partial charge in [0.2, 0.25) is 15.7 Å². The highest BCUT2D eigenvalue weighted by molar-refractivity contribution is 7.89. The van der Waals surface area contributed by atoms with E-state index in [1.165, 1.54) is 29.2 Å². The van der Waals surface area contributed by atoms with Gasteiger partial charge in [0.15, 0.2) is 0 Å². The number of nitrogens with two attached hydrogens (primary N) is 1. The van der Waals surface area contributed by atoms with Gasteiger partial charge in [-0.15, -0.1) is 0 Å². The molecule has 120 valence electrons. The lowest BCUT2D eigenvalue weighted by molar-refractivity contribution is -0.126. The quantitative estimate of drug-likeness (QED) is 0.931. The molecule has 1 aliphatic heterocycles. The summed E-state index contributed by atoms with van der Waals surface area (Å²) in [6.07, 6.45) is 0. The van der Waals surface area contributed by atoms with Crippen molar-refractivity contribution in [3.8, 4) is 0 Å². The summed E-state index contributed by atoms with van der Waals surface area (Å²) >= 11 is 0. The largest absolute Gasteiger partial charge is 0.309 e. The Morgan fingerprint density at radius 1 is 1.13 bits per heavy atom. The summed E-state index contributed by atoms with van der Waals surface area (Å²) in [5.74, 6) is -0.676. The van der Waals surface area contributed by atoms with Crippen LogP contribution in [0.5, 0.6) is 0 Å². The minimum Gasteiger partial charge on any atom is -0.309 e. The van der Waals surface area contributed by atoms with Crippen molar-refractivity contribution in [2.45, 2.75) is 17.5 Å². The number of sulfonamides is 1. The van der Waals surface area contributed by atoms with Crippen molar-refractivity contribution >= 4 is 21.6 Å². The number of carbonyl (C=O) groups is 1. The van der Waals surface area contributed by atoms with Gasteiger partial charge < -0.3 is 4.90 Å². The fourth-order valence-electron chi connectivity index (χ4n) is 2.88. The van der Waals surface area contributed by atoms with Crippen LogP contribution in [0.4, 0.5) is 10.1 Å². The second-order valence-electron chi connectivity index (χ2n) is 5.29. The smallest absolute Gasteiger partial charge is 0.274 e. The summed E-state index contributed by atoms with van der Waals surface area (Å²) in [6, 6.07) is 11.6. The van der Waals surface area contributed by atoms with Crippen molar-refractivity contribution in [3.05, 3.63) is 59.7 Å². The van der Waals surface area contributed by atoms with Gasteiger partial charge >= 0.3 is 0 Å². The van der Waals surface area contributed by atoms with Crippen molar-refractivity contribution in [1.29, 1.82) is 0 Å². The second-order valence-corrected chi connectivity index (χ2v) is 6.86. The van der Waals surface area contributed by atoms with E-state index in [1.54, 1.807) is 31.2 Å². The number of hydrogen-bond acceptors (Lipinski definition) is 3. The molecule has 0 bridgehead atoms. The monoisotopic (exact) mass is 334 g/mol. The zero-order valence-corrected chi connectivity index (χ0v) is 13.2. The van der Waals surface area contributed by atoms with Gasteiger partial charge in [-0.25, -0.2) is 17.9 Å². The maximum Gasteiger partial charge on any atom is 0.274 e. The summed E-state index contributed by atoms with van der Waals surface area (Å²) < 4.78 is 38.4. The third-order valence-electron chi connectivity index (χ3n) is 4.00. The number of likely N-dealkylation sites (N-methyl/N-ethyl adjacent to an activating group) is 1. The van der Waals surface area contributed by atoms with Crippen LogP contribution in [0.1, 0.15) is 18.1 Å². The van der Waals surface area contributed by atoms with Crippen LogP contribution in [0.2, 0.25) is 0 Å². The SMILES string of the molecule is CCN1C(=O)C(F)(c2ccc(S(N)(=O)=O)cc2)c2ccccc21. The number of nitrogens with zero attached hydrogens (tertiary/aromatic N) is 1. The molecule has 0 saturated heterocycles. The molecule has 7 heteroatoms. The molecule has 23 heavy (non-hydrogen) atoms. The van der Waals surface area contributed by atoms with E-state index in [9.17, 15) is 13.2 Å². The molecule has 0 saturated carbocycles. The van der Waals surface area contributed by atoms with Gasteiger partial charge in [-0.05, 0) is 25.1 Å². The highest BCUT2D eigenvalue weighted by Crippen LogP contribution is 2.47. The molecule has 0 spiro atoms. The van der Waals surface area contributed by atoms with E-state index in [0.717, 1.165) is 0 Å². The number of para-hydroxylation sites is 1. The van der Waals surface area contributed by atoms with Crippen LogP contribution in [0.3, 0.4) is 0 Å². The highest BCUT2D eigenvalue weighted by Gasteiger charge is 2.52. The van der Waals surface area contributed by atoms with E-state index in [2.05, 4.69) is 0 Å². The maximum atomic E-state index is 15.7. The number of fused-ring (bicyclic) bond motifs is 1. The average molecular weight is 334 g/mol. The Balaban J connectivity index is 2.17. The number of amides is 1. The molecule has 2 aromatic carbocycles. The van der Waals surface area contributed by atoms with Gasteiger partial charge in [0.25, 0.3) is 5.91 Å². The van der Waals surface area contributed by atoms with Gasteiger partial charge in [0, 0.05) is 17.7 Å². The Kier molecular flexibility index (Phi) is 3.50. The van der Waals surface area contributed by atoms with Gasteiger partial charge in [0.05, 0.1) is 10.6 Å². The first-order valence-electron chi connectivity index (χ1n) is 7.04. The minimum absolute atomic E-state index is 0.0818. The molecule has 1 amide bonds. The molecule has 0 aliphatic carbocycles. The molecule has 1 aliphatic rings. The van der Waals surface area contributed by atoms with Crippen molar-refractivity contribution in [2.75, 3.05) is 11.4 Å². The van der Waals surface area contributed by atoms with Crippen LogP contribution >= 0.6 is 0 Å². The molecular weight excluding hydrogens is 319 g/mol. The van der Waals surface area contributed by atoms with Crippen molar-refractivity contribution in [1.82, 2.24) is 0 Å². The average Bonchev–Trinajstić information content (AvgIpc) is 2.76. The third kappa shape index (κ3) is 2.24. The van der Waals surface area contributed by atoms with Crippen LogP contribution in [0.25, 0.3) is 0 Å². The Labute approximate surface area is 133 Å². The molecule has 0 aromatic heterocycles. The zero-order valence-electron chi connectivity index (χ0n) is 12.4. The Hall–Kier alpha value is -2.25. The molecule has 5 nitrogen and oxygen atoms in total. The van der Waals surface area contributed by atoms with Gasteiger partial charge in [0.1, 0.15) is 0 Å². The normalized spacial score (nSPS) is 20.7. The number of primary sulfonamides is 1. The standard InChI is InChI=1S/C16H15FN2O3S/c1-2-19-14-6-4-3-5-13(14)16(17,15(19)20)11-7-9-12(10-8-11)23(18,21)22/h3-10H,2H2,1H3,(H2,18,21,22). The first-order chi connectivity index (χ1) is 10.8. The van der Waals surface area contributed by atoms with E-state index in [0.29, 0.717) is 12.2 Å². The molecule has 1 heterocycles. The number of anilines is 1. The third-order valence-corrected chi connectivity index (χ3v) is 4.93. The first kappa shape index (κ1) is 15.6. The summed E-state index contributed by atoms with van der Waals surface area (Å²) in [5, 5.41) is 5.04. The molecule has 1 atom stereocenters. The fourth-order valence-corrected chi connectivity index (χ4v) is 3.39. The van der Waals surface area contributed by atoms with Gasteiger partial charge in [-0.1, -0.05) is 30.3 Å². The van der Waals surface area contributed by atoms with Crippen molar-refractivity contribution in [2.24, 2.45) is 5.14 Å². The summed E-state index contributed by atoms with van der Waals surface area (Å²) in [7, 11) is -3.87. The fraction of sp³-hybridized carbons (Fsp3) is 0.188. The summed E-state index contributed by atoms with van der Waals surface area (Å²) in [5.41, 5.74) is -1.46. The summed E-state index contributed by atoms with van der Waals surface area (Å²) in [4.78, 5) is 13.9. The molecule has 1 unspecified atom stereocenters. The Morgan fingerprint density at radius 3 is 2.30 bits per heavy atom. The van der Waals surface area contributed by atoms with Crippen molar-refractivity contribution in [3.63, 3.8) is 0 Å². The van der Waals surface area contributed by atoms with Crippen LogP contribution in [0.15, 0.2) is 53.4 Å². The predicted octanol–water partition coefficient (Wildman–Crippen LogP) is 1.91. The predicted molar refractivity (Wildman–Crippen MR) is 84.2 cm³/mol. The number of hydrogen-bond donors (Lipinski definition) is 1. The number of benzene rings is 2. The van der Waals surface area contributed by atoms with E-state index in [-0.39, 0.29) is 16.0 Å². The van der Waals surface area contributed by atoms with Crippen LogP contribution < -0.4 is 10.0 Å². The van der Waals surface area contributed by atoms with Gasteiger partial charge in [-0.2, -0.15) is 0 Å². The van der Waals surface area contributed by atoms with Crippen LogP contribution in [-0.2, 0) is 20.5 Å². The molecular formula is C16H15FN2O3S. The lowest BCUT2D eigenvalue weighted by Crippen LogP contribution is -2.38. The zero-order chi connectivity index (χ0) is 16.8. The minimum atomic E-state index is -3.87. The highest BCUT2D eigenvalue weighted by atomic mass is 32.2. The van der Waals surface area contributed by atoms with E-state index < -0.39 is 21.6 Å². The number of alkyl halides is 1. The molecule has 2 aromatic rings. The lowest BCUT2D eigenvalue weighted by atomic mass is 9.89. The summed E-state index contributed by atoms with van der Waals surface area (Å²) in [6.45, 7) is 2.11. The van der Waals surface area contributed by atoms with E-state index >= 15 is 4.39 Å². The number of carbonyl (C=O) groups excluding carboxylic acids is 1. The molecule has 0 radical (unpaired) electrons. The molecule has 0 fully saturated rings. The number of rotatable bonds is 3. The number of halogens is 1. The van der Waals surface area contributed by atoms with E-state index in [1.807, 2.05) is 0 Å². The lowest BCUT2D eigenvalue weighted by Gasteiger charge is -2.20. The van der Waals surface area contributed by atoms with Gasteiger partial charge in [-0.3, -0.25) is 4.79 Å². The molecule has 2 N–H and O–H groups in total. The maximum absolute atomic E-state index is 15.7. The Bertz CT molecular complexity index is 880. The van der Waals surface area contributed by atoms with E-state index in [4.69, 9.17) is 5.14 Å².